The molecule has 4 nitrogen and oxygen atoms in total. The van der Waals surface area contributed by atoms with Crippen LogP contribution in [0.1, 0.15) is 104 Å². The number of carbonyl (C=O) groups is 2. The van der Waals surface area contributed by atoms with Crippen molar-refractivity contribution in [2.24, 2.45) is 0 Å². The van der Waals surface area contributed by atoms with E-state index in [0.717, 1.165) is 38.5 Å². The number of carboxylic acid groups (broad SMARTS) is 2. The van der Waals surface area contributed by atoms with Gasteiger partial charge in [-0.3, -0.25) is 9.59 Å². The molecule has 0 spiro atoms. The number of unbranched alkanes of at least 4 members (excludes halogenated alkanes) is 10. The highest BCUT2D eigenvalue weighted by Crippen LogP contribution is 2.36. The Kier molecular flexibility index (Phi) is 17.8. The third-order valence-corrected chi connectivity index (χ3v) is 7.66. The third-order valence-electron chi connectivity index (χ3n) is 4.48. The summed E-state index contributed by atoms with van der Waals surface area (Å²) in [5.74, 6) is -1.64. The molecular formula is C20H38O4S2. The molecule has 0 bridgehead atoms. The summed E-state index contributed by atoms with van der Waals surface area (Å²) in [6.07, 6.45) is 14.9. The summed E-state index contributed by atoms with van der Waals surface area (Å²) in [5, 5.41) is 17.8. The van der Waals surface area contributed by atoms with Gasteiger partial charge in [0.15, 0.2) is 0 Å². The largest absolute Gasteiger partial charge is 0.480 e. The molecule has 0 saturated heterocycles. The fourth-order valence-electron chi connectivity index (χ4n) is 2.78. The van der Waals surface area contributed by atoms with Gasteiger partial charge in [0.1, 0.15) is 10.5 Å². The van der Waals surface area contributed by atoms with Crippen molar-refractivity contribution in [3.63, 3.8) is 0 Å². The Morgan fingerprint density at radius 2 is 0.923 bits per heavy atom. The minimum atomic E-state index is -0.820. The number of rotatable bonds is 19. The van der Waals surface area contributed by atoms with Crippen LogP contribution >= 0.6 is 21.6 Å². The first-order valence-corrected chi connectivity index (χ1v) is 12.6. The maximum atomic E-state index is 11.4. The highest BCUT2D eigenvalue weighted by Gasteiger charge is 2.24. The maximum Gasteiger partial charge on any atom is 0.317 e. The van der Waals surface area contributed by atoms with Crippen LogP contribution < -0.4 is 0 Å². The van der Waals surface area contributed by atoms with Gasteiger partial charge >= 0.3 is 11.9 Å². The van der Waals surface area contributed by atoms with Gasteiger partial charge in [0.2, 0.25) is 0 Å². The first-order chi connectivity index (χ1) is 12.5. The lowest BCUT2D eigenvalue weighted by Gasteiger charge is -2.15. The van der Waals surface area contributed by atoms with Crippen molar-refractivity contribution in [2.45, 2.75) is 114 Å². The SMILES string of the molecule is CCCCCCCCC(SSC(CCCCCCCC)C(=O)O)C(=O)O. The zero-order valence-corrected chi connectivity index (χ0v) is 18.2. The lowest BCUT2D eigenvalue weighted by Crippen LogP contribution is -2.19. The normalized spacial score (nSPS) is 13.5. The van der Waals surface area contributed by atoms with Crippen LogP contribution in [0.25, 0.3) is 0 Å². The summed E-state index contributed by atoms with van der Waals surface area (Å²) >= 11 is 0. The Bertz CT molecular complexity index is 330. The number of hydrogen-bond donors (Lipinski definition) is 2. The summed E-state index contributed by atoms with van der Waals surface area (Å²) in [6.45, 7) is 4.36. The minimum absolute atomic E-state index is 0.502. The maximum absolute atomic E-state index is 11.4. The first kappa shape index (κ1) is 25.6. The summed E-state index contributed by atoms with van der Waals surface area (Å²) in [4.78, 5) is 22.9. The standard InChI is InChI=1S/C20H38O4S2/c1-3-5-7-9-11-13-15-17(19(21)22)25-26-18(20(23)24)16-14-12-10-8-6-4-2/h17-18H,3-16H2,1-2H3,(H,21,22)(H,23,24). The van der Waals surface area contributed by atoms with Crippen molar-refractivity contribution in [1.82, 2.24) is 0 Å². The summed E-state index contributed by atoms with van der Waals surface area (Å²) in [7, 11) is 2.49. The van der Waals surface area contributed by atoms with Gasteiger partial charge in [-0.2, -0.15) is 0 Å². The van der Waals surface area contributed by atoms with Crippen LogP contribution in [0.5, 0.6) is 0 Å². The molecule has 2 unspecified atom stereocenters. The molecule has 0 aromatic carbocycles. The molecule has 0 saturated carbocycles. The van der Waals surface area contributed by atoms with E-state index in [1.807, 2.05) is 0 Å². The third kappa shape index (κ3) is 14.8. The van der Waals surface area contributed by atoms with E-state index in [4.69, 9.17) is 0 Å². The van der Waals surface area contributed by atoms with Crippen LogP contribution in [0.15, 0.2) is 0 Å². The van der Waals surface area contributed by atoms with Crippen LogP contribution in [-0.2, 0) is 9.59 Å². The topological polar surface area (TPSA) is 74.6 Å². The fourth-order valence-corrected chi connectivity index (χ4v) is 5.61. The second kappa shape index (κ2) is 18.0. The van der Waals surface area contributed by atoms with Gasteiger partial charge in [-0.1, -0.05) is 112 Å². The Labute approximate surface area is 167 Å². The van der Waals surface area contributed by atoms with Crippen LogP contribution in [0.2, 0.25) is 0 Å². The summed E-state index contributed by atoms with van der Waals surface area (Å²) < 4.78 is 0. The van der Waals surface area contributed by atoms with Crippen molar-refractivity contribution >= 4 is 33.5 Å². The quantitative estimate of drug-likeness (QED) is 0.182. The molecular weight excluding hydrogens is 368 g/mol. The molecule has 0 aromatic rings. The highest BCUT2D eigenvalue weighted by atomic mass is 33.1. The van der Waals surface area contributed by atoms with E-state index < -0.39 is 22.4 Å². The summed E-state index contributed by atoms with van der Waals surface area (Å²) in [5.41, 5.74) is 0. The van der Waals surface area contributed by atoms with Gasteiger partial charge in [-0.25, -0.2) is 0 Å². The Hall–Kier alpha value is -0.360. The molecule has 0 aromatic heterocycles. The minimum Gasteiger partial charge on any atom is -0.480 e. The number of aliphatic carboxylic acids is 2. The second-order valence-corrected chi connectivity index (χ2v) is 9.64. The molecule has 0 aliphatic carbocycles. The van der Waals surface area contributed by atoms with E-state index >= 15 is 0 Å². The van der Waals surface area contributed by atoms with Crippen LogP contribution in [0, 0.1) is 0 Å². The molecule has 0 radical (unpaired) electrons. The van der Waals surface area contributed by atoms with Crippen molar-refractivity contribution in [1.29, 1.82) is 0 Å². The lowest BCUT2D eigenvalue weighted by molar-refractivity contribution is -0.137. The van der Waals surface area contributed by atoms with Gasteiger partial charge in [0.05, 0.1) is 0 Å². The van der Waals surface area contributed by atoms with Crippen molar-refractivity contribution in [2.75, 3.05) is 0 Å². The predicted molar refractivity (Wildman–Crippen MR) is 114 cm³/mol. The molecule has 0 aliphatic rings. The van der Waals surface area contributed by atoms with E-state index in [9.17, 15) is 19.8 Å². The van der Waals surface area contributed by atoms with Gasteiger partial charge in [-0.05, 0) is 12.8 Å². The average Bonchev–Trinajstić information content (AvgIpc) is 2.60. The van der Waals surface area contributed by atoms with E-state index in [2.05, 4.69) is 13.8 Å². The molecule has 0 heterocycles. The highest BCUT2D eigenvalue weighted by molar-refractivity contribution is 8.77. The Morgan fingerprint density at radius 1 is 0.615 bits per heavy atom. The molecule has 0 rings (SSSR count). The van der Waals surface area contributed by atoms with Crippen LogP contribution in [0.3, 0.4) is 0 Å². The van der Waals surface area contributed by atoms with Crippen molar-refractivity contribution < 1.29 is 19.8 Å². The lowest BCUT2D eigenvalue weighted by atomic mass is 10.1. The van der Waals surface area contributed by atoms with Crippen LogP contribution in [-0.4, -0.2) is 32.7 Å². The van der Waals surface area contributed by atoms with Gasteiger partial charge in [0.25, 0.3) is 0 Å². The molecule has 2 N–H and O–H groups in total. The van der Waals surface area contributed by atoms with E-state index in [1.54, 1.807) is 0 Å². The molecule has 0 amide bonds. The molecule has 0 fully saturated rings. The van der Waals surface area contributed by atoms with E-state index in [-0.39, 0.29) is 0 Å². The second-order valence-electron chi connectivity index (χ2n) is 6.96. The average molecular weight is 407 g/mol. The molecule has 2 atom stereocenters. The van der Waals surface area contributed by atoms with E-state index in [0.29, 0.717) is 12.8 Å². The molecule has 6 heteroatoms. The predicted octanol–water partition coefficient (Wildman–Crippen LogP) is 6.78. The first-order valence-electron chi connectivity index (χ1n) is 10.3. The van der Waals surface area contributed by atoms with E-state index in [1.165, 1.54) is 60.1 Å². The zero-order chi connectivity index (χ0) is 19.6. The van der Waals surface area contributed by atoms with Gasteiger partial charge in [0, 0.05) is 0 Å². The Morgan fingerprint density at radius 3 is 1.23 bits per heavy atom. The summed E-state index contributed by atoms with van der Waals surface area (Å²) in [6, 6.07) is 0. The number of hydrogen-bond acceptors (Lipinski definition) is 4. The molecule has 154 valence electrons. The monoisotopic (exact) mass is 406 g/mol. The smallest absolute Gasteiger partial charge is 0.317 e. The van der Waals surface area contributed by atoms with Crippen LogP contribution in [0.4, 0.5) is 0 Å². The van der Waals surface area contributed by atoms with Crippen molar-refractivity contribution in [3.8, 4) is 0 Å². The van der Waals surface area contributed by atoms with Crippen molar-refractivity contribution in [3.05, 3.63) is 0 Å². The van der Waals surface area contributed by atoms with Gasteiger partial charge in [-0.15, -0.1) is 0 Å². The van der Waals surface area contributed by atoms with Gasteiger partial charge < -0.3 is 10.2 Å². The molecule has 26 heavy (non-hydrogen) atoms. The zero-order valence-electron chi connectivity index (χ0n) is 16.6. The fraction of sp³-hybridized carbons (Fsp3) is 0.900. The molecule has 0 aliphatic heterocycles. The Balaban J connectivity index is 4.06. The number of carboxylic acids is 2.